The summed E-state index contributed by atoms with van der Waals surface area (Å²) < 4.78 is 0.909. The molecule has 1 aromatic heterocycles. The molecule has 0 spiro atoms. The maximum Gasteiger partial charge on any atom is 0.294 e. The molecule has 0 aliphatic carbocycles. The van der Waals surface area contributed by atoms with E-state index in [9.17, 15) is 9.59 Å². The van der Waals surface area contributed by atoms with Crippen LogP contribution in [-0.2, 0) is 4.79 Å². The topological polar surface area (TPSA) is 103 Å². The lowest BCUT2D eigenvalue weighted by Crippen LogP contribution is -2.37. The number of nitrogens with zero attached hydrogens (tertiary/aromatic N) is 3. The molecule has 8 heteroatoms. The van der Waals surface area contributed by atoms with Gasteiger partial charge in [0.25, 0.3) is 5.56 Å². The minimum Gasteiger partial charge on any atom is -0.353 e. The summed E-state index contributed by atoms with van der Waals surface area (Å²) in [5.41, 5.74) is -0.182. The molecule has 1 rings (SSSR count). The third kappa shape index (κ3) is 4.23. The van der Waals surface area contributed by atoms with Crippen molar-refractivity contribution in [3.8, 4) is 0 Å². The van der Waals surface area contributed by atoms with Crippen molar-refractivity contribution >= 4 is 17.7 Å². The third-order valence-corrected chi connectivity index (χ3v) is 3.68. The van der Waals surface area contributed by atoms with Gasteiger partial charge in [0.15, 0.2) is 0 Å². The summed E-state index contributed by atoms with van der Waals surface area (Å²) in [6, 6.07) is 0.0947. The molecule has 0 saturated carbocycles. The largest absolute Gasteiger partial charge is 0.353 e. The van der Waals surface area contributed by atoms with E-state index in [4.69, 9.17) is 5.84 Å². The number of carbonyl (C=O) groups is 1. The highest BCUT2D eigenvalue weighted by molar-refractivity contribution is 7.99. The SMILES string of the molecule is Cc1nnc(SCC(=O)N[C@H](C)C(C)C)n(N)c1=O. The maximum absolute atomic E-state index is 11.7. The van der Waals surface area contributed by atoms with Crippen molar-refractivity contribution in [2.75, 3.05) is 11.6 Å². The third-order valence-electron chi connectivity index (χ3n) is 2.74. The summed E-state index contributed by atoms with van der Waals surface area (Å²) >= 11 is 1.08. The first-order valence-corrected chi connectivity index (χ1v) is 6.95. The second-order valence-corrected chi connectivity index (χ2v) is 5.57. The Labute approximate surface area is 115 Å². The highest BCUT2D eigenvalue weighted by Crippen LogP contribution is 2.11. The summed E-state index contributed by atoms with van der Waals surface area (Å²) in [4.78, 5) is 23.2. The Balaban J connectivity index is 2.61. The summed E-state index contributed by atoms with van der Waals surface area (Å²) in [5, 5.41) is 10.6. The molecular weight excluding hydrogens is 266 g/mol. The van der Waals surface area contributed by atoms with Crippen LogP contribution < -0.4 is 16.7 Å². The Hall–Kier alpha value is -1.57. The number of aryl methyl sites for hydroxylation is 1. The molecule has 0 radical (unpaired) electrons. The van der Waals surface area contributed by atoms with E-state index < -0.39 is 5.56 Å². The van der Waals surface area contributed by atoms with Crippen LogP contribution >= 0.6 is 11.8 Å². The zero-order chi connectivity index (χ0) is 14.6. The van der Waals surface area contributed by atoms with Crippen LogP contribution in [0.4, 0.5) is 0 Å². The lowest BCUT2D eigenvalue weighted by molar-refractivity contribution is -0.119. The first-order chi connectivity index (χ1) is 8.82. The van der Waals surface area contributed by atoms with Gasteiger partial charge in [0, 0.05) is 6.04 Å². The number of carbonyl (C=O) groups excluding carboxylic acids is 1. The van der Waals surface area contributed by atoms with Crippen molar-refractivity contribution in [1.29, 1.82) is 0 Å². The van der Waals surface area contributed by atoms with Gasteiger partial charge in [-0.25, -0.2) is 0 Å². The Kier molecular flexibility index (Phi) is 5.34. The van der Waals surface area contributed by atoms with Crippen LogP contribution in [0.3, 0.4) is 0 Å². The van der Waals surface area contributed by atoms with Crippen LogP contribution in [0, 0.1) is 12.8 Å². The van der Waals surface area contributed by atoms with Crippen LogP contribution in [-0.4, -0.2) is 32.6 Å². The highest BCUT2D eigenvalue weighted by atomic mass is 32.2. The fourth-order valence-corrected chi connectivity index (χ4v) is 1.82. The quantitative estimate of drug-likeness (QED) is 0.579. The minimum absolute atomic E-state index is 0.0947. The number of amides is 1. The van der Waals surface area contributed by atoms with E-state index in [1.165, 1.54) is 6.92 Å². The van der Waals surface area contributed by atoms with Crippen molar-refractivity contribution in [2.24, 2.45) is 5.92 Å². The normalized spacial score (nSPS) is 12.5. The molecule has 1 heterocycles. The molecule has 19 heavy (non-hydrogen) atoms. The van der Waals surface area contributed by atoms with Crippen LogP contribution in [0.25, 0.3) is 0 Å². The average molecular weight is 285 g/mol. The summed E-state index contributed by atoms with van der Waals surface area (Å²) in [6.45, 7) is 7.53. The van der Waals surface area contributed by atoms with Gasteiger partial charge in [-0.15, -0.1) is 10.2 Å². The Morgan fingerprint density at radius 2 is 2.05 bits per heavy atom. The molecule has 106 valence electrons. The predicted octanol–water partition coefficient (Wildman–Crippen LogP) is -0.0867. The standard InChI is InChI=1S/C11H19N5O2S/c1-6(2)7(3)13-9(17)5-19-11-15-14-8(4)10(18)16(11)12/h6-7H,5,12H2,1-4H3,(H,13,17)/t7-/m1/s1. The molecule has 3 N–H and O–H groups in total. The van der Waals surface area contributed by atoms with Gasteiger partial charge >= 0.3 is 0 Å². The molecule has 0 aliphatic heterocycles. The Morgan fingerprint density at radius 1 is 1.42 bits per heavy atom. The van der Waals surface area contributed by atoms with Crippen molar-refractivity contribution in [2.45, 2.75) is 38.9 Å². The van der Waals surface area contributed by atoms with Crippen LogP contribution in [0.15, 0.2) is 9.95 Å². The van der Waals surface area contributed by atoms with Gasteiger partial charge in [-0.2, -0.15) is 4.68 Å². The van der Waals surface area contributed by atoms with Gasteiger partial charge in [0.05, 0.1) is 5.75 Å². The van der Waals surface area contributed by atoms with E-state index in [1.807, 2.05) is 20.8 Å². The van der Waals surface area contributed by atoms with Gasteiger partial charge in [-0.05, 0) is 19.8 Å². The lowest BCUT2D eigenvalue weighted by Gasteiger charge is -2.17. The van der Waals surface area contributed by atoms with Crippen LogP contribution in [0.1, 0.15) is 26.5 Å². The van der Waals surface area contributed by atoms with E-state index in [2.05, 4.69) is 15.5 Å². The van der Waals surface area contributed by atoms with E-state index in [0.717, 1.165) is 16.4 Å². The van der Waals surface area contributed by atoms with Gasteiger partial charge in [0.2, 0.25) is 11.1 Å². The van der Waals surface area contributed by atoms with Crippen molar-refractivity contribution in [3.05, 3.63) is 16.0 Å². The molecule has 1 amide bonds. The number of rotatable bonds is 5. The molecule has 0 aliphatic rings. The molecule has 0 aromatic carbocycles. The van der Waals surface area contributed by atoms with Crippen LogP contribution in [0.5, 0.6) is 0 Å². The molecule has 7 nitrogen and oxygen atoms in total. The number of hydrogen-bond donors (Lipinski definition) is 2. The second-order valence-electron chi connectivity index (χ2n) is 4.63. The number of nitrogens with one attached hydrogen (secondary N) is 1. The zero-order valence-corrected chi connectivity index (χ0v) is 12.3. The van der Waals surface area contributed by atoms with Gasteiger partial charge in [0.1, 0.15) is 5.69 Å². The number of hydrogen-bond acceptors (Lipinski definition) is 6. The molecule has 0 saturated heterocycles. The summed E-state index contributed by atoms with van der Waals surface area (Å²) in [7, 11) is 0. The molecule has 1 atom stereocenters. The Bertz CT molecular complexity index is 514. The molecular formula is C11H19N5O2S. The van der Waals surface area contributed by atoms with E-state index in [-0.39, 0.29) is 28.6 Å². The van der Waals surface area contributed by atoms with Gasteiger partial charge in [-0.1, -0.05) is 25.6 Å². The molecule has 0 unspecified atom stereocenters. The van der Waals surface area contributed by atoms with Gasteiger partial charge < -0.3 is 11.2 Å². The second kappa shape index (κ2) is 6.55. The van der Waals surface area contributed by atoms with E-state index in [0.29, 0.717) is 5.92 Å². The fraction of sp³-hybridized carbons (Fsp3) is 0.636. The number of nitrogen functional groups attached to an aromatic ring is 1. The minimum atomic E-state index is -0.409. The maximum atomic E-state index is 11.7. The number of aromatic nitrogens is 3. The highest BCUT2D eigenvalue weighted by Gasteiger charge is 2.13. The van der Waals surface area contributed by atoms with Crippen molar-refractivity contribution in [3.63, 3.8) is 0 Å². The fourth-order valence-electron chi connectivity index (χ4n) is 1.16. The summed E-state index contributed by atoms with van der Waals surface area (Å²) in [6.07, 6.45) is 0. The van der Waals surface area contributed by atoms with E-state index >= 15 is 0 Å². The lowest BCUT2D eigenvalue weighted by atomic mass is 10.1. The first kappa shape index (κ1) is 15.5. The molecule has 1 aromatic rings. The van der Waals surface area contributed by atoms with Crippen molar-refractivity contribution < 1.29 is 4.79 Å². The number of thioether (sulfide) groups is 1. The predicted molar refractivity (Wildman–Crippen MR) is 74.3 cm³/mol. The monoisotopic (exact) mass is 285 g/mol. The molecule has 0 fully saturated rings. The zero-order valence-electron chi connectivity index (χ0n) is 11.5. The molecule has 0 bridgehead atoms. The Morgan fingerprint density at radius 3 is 2.63 bits per heavy atom. The smallest absolute Gasteiger partial charge is 0.294 e. The van der Waals surface area contributed by atoms with Crippen LogP contribution in [0.2, 0.25) is 0 Å². The van der Waals surface area contributed by atoms with E-state index in [1.54, 1.807) is 0 Å². The van der Waals surface area contributed by atoms with Gasteiger partial charge in [-0.3, -0.25) is 9.59 Å². The van der Waals surface area contributed by atoms with Crippen molar-refractivity contribution in [1.82, 2.24) is 20.2 Å². The number of nitrogens with two attached hydrogens (primary N) is 1. The average Bonchev–Trinajstić information content (AvgIpc) is 2.35. The summed E-state index contributed by atoms with van der Waals surface area (Å²) in [5.74, 6) is 5.95. The first-order valence-electron chi connectivity index (χ1n) is 5.96.